The molecule has 0 bridgehead atoms. The maximum Gasteiger partial charge on any atom is 0.322 e. The number of aliphatic carboxylic acids is 1. The zero-order valence-corrected chi connectivity index (χ0v) is 25.4. The quantitative estimate of drug-likeness (QED) is 0.356. The molecule has 9 nitrogen and oxygen atoms in total. The molecule has 1 aromatic rings. The molecule has 0 spiro atoms. The van der Waals surface area contributed by atoms with E-state index in [4.69, 9.17) is 9.63 Å². The maximum atomic E-state index is 13.0. The van der Waals surface area contributed by atoms with Crippen LogP contribution in [0.4, 0.5) is 0 Å². The summed E-state index contributed by atoms with van der Waals surface area (Å²) >= 11 is 0. The first kappa shape index (κ1) is 30.1. The van der Waals surface area contributed by atoms with Crippen molar-refractivity contribution in [3.05, 3.63) is 17.0 Å². The lowest BCUT2D eigenvalue weighted by atomic mass is 9.43. The number of aliphatic hydroxyl groups excluding tert-OH is 1. The smallest absolute Gasteiger partial charge is 0.322 e. The second kappa shape index (κ2) is 11.3. The minimum Gasteiger partial charge on any atom is -0.480 e. The van der Waals surface area contributed by atoms with Crippen molar-refractivity contribution < 1.29 is 29.1 Å². The van der Waals surface area contributed by atoms with Crippen molar-refractivity contribution in [2.75, 3.05) is 6.54 Å². The number of aliphatic hydroxyl groups is 1. The van der Waals surface area contributed by atoms with E-state index >= 15 is 0 Å². The van der Waals surface area contributed by atoms with E-state index in [1.165, 1.54) is 0 Å². The van der Waals surface area contributed by atoms with Crippen molar-refractivity contribution >= 4 is 17.8 Å². The predicted molar refractivity (Wildman–Crippen MR) is 153 cm³/mol. The Labute approximate surface area is 243 Å². The Kier molecular flexibility index (Phi) is 8.31. The first-order chi connectivity index (χ1) is 19.3. The van der Waals surface area contributed by atoms with Crippen molar-refractivity contribution in [3.8, 4) is 0 Å². The minimum absolute atomic E-state index is 0.0938. The van der Waals surface area contributed by atoms with Gasteiger partial charge in [0.1, 0.15) is 17.9 Å². The molecule has 0 aromatic carbocycles. The number of aryl methyl sites for hydroxylation is 2. The van der Waals surface area contributed by atoms with Crippen LogP contribution in [-0.2, 0) is 9.59 Å². The third-order valence-corrected chi connectivity index (χ3v) is 12.3. The number of carbonyl (C=O) groups is 3. The van der Waals surface area contributed by atoms with Crippen molar-refractivity contribution in [2.45, 2.75) is 111 Å². The van der Waals surface area contributed by atoms with Crippen LogP contribution in [0.2, 0.25) is 0 Å². The average Bonchev–Trinajstić information content (AvgIpc) is 3.44. The Morgan fingerprint density at radius 1 is 1.05 bits per heavy atom. The van der Waals surface area contributed by atoms with E-state index in [1.807, 2.05) is 0 Å². The molecule has 4 aliphatic rings. The van der Waals surface area contributed by atoms with Crippen LogP contribution in [0.3, 0.4) is 0 Å². The van der Waals surface area contributed by atoms with Gasteiger partial charge in [-0.2, -0.15) is 0 Å². The number of carbonyl (C=O) groups excluding carboxylic acids is 2. The molecule has 1 heterocycles. The number of fused-ring (bicyclic) bond motifs is 5. The molecule has 41 heavy (non-hydrogen) atoms. The summed E-state index contributed by atoms with van der Waals surface area (Å²) < 4.78 is 5.21. The molecular formula is C32H49N3O6. The summed E-state index contributed by atoms with van der Waals surface area (Å²) in [6.07, 6.45) is 9.04. The number of rotatable bonds is 8. The highest BCUT2D eigenvalue weighted by atomic mass is 16.5. The molecule has 9 heteroatoms. The largest absolute Gasteiger partial charge is 0.480 e. The molecule has 10 atom stereocenters. The molecule has 0 unspecified atom stereocenters. The average molecular weight is 572 g/mol. The number of amides is 2. The van der Waals surface area contributed by atoms with Crippen LogP contribution in [0, 0.1) is 60.2 Å². The molecule has 2 amide bonds. The molecule has 0 radical (unpaired) electrons. The van der Waals surface area contributed by atoms with E-state index in [1.54, 1.807) is 13.8 Å². The fraction of sp³-hybridized carbons (Fsp3) is 0.812. The van der Waals surface area contributed by atoms with Crippen LogP contribution in [0.25, 0.3) is 0 Å². The predicted octanol–water partition coefficient (Wildman–Crippen LogP) is 4.64. The van der Waals surface area contributed by atoms with E-state index in [0.717, 1.165) is 57.8 Å². The van der Waals surface area contributed by atoms with Gasteiger partial charge in [0, 0.05) is 12.5 Å². The minimum atomic E-state index is -1.02. The van der Waals surface area contributed by atoms with E-state index < -0.39 is 5.97 Å². The summed E-state index contributed by atoms with van der Waals surface area (Å²) in [6.45, 7) is 10.4. The number of hydrogen-bond donors (Lipinski definition) is 4. The summed E-state index contributed by atoms with van der Waals surface area (Å²) in [5.41, 5.74) is 1.48. The second-order valence-electron chi connectivity index (χ2n) is 14.4. The van der Waals surface area contributed by atoms with Crippen molar-refractivity contribution in [1.29, 1.82) is 0 Å². The van der Waals surface area contributed by atoms with Crippen LogP contribution in [0.1, 0.15) is 107 Å². The molecule has 5 rings (SSSR count). The standard InChI is InChI=1S/C32H49N3O6/c1-17(6-9-26(37)33-16-27(38)39)22-7-8-23-29-24(11-13-32(22,23)5)31(4)12-10-21(14-20(31)15-25(29)36)34-30(40)28-18(2)35-41-19(28)3/h17,20-25,29,36H,6-16H2,1-5H3,(H,33,37)(H,34,40)(H,38,39)/t17-,20+,21+,22-,23+,24+,25-,29+,31+,32-/m1/s1. The first-order valence-corrected chi connectivity index (χ1v) is 15.8. The van der Waals surface area contributed by atoms with Crippen molar-refractivity contribution in [3.63, 3.8) is 0 Å². The van der Waals surface area contributed by atoms with Gasteiger partial charge in [0.15, 0.2) is 0 Å². The van der Waals surface area contributed by atoms with E-state index in [-0.39, 0.29) is 41.3 Å². The number of carboxylic acid groups (broad SMARTS) is 1. The van der Waals surface area contributed by atoms with Crippen molar-refractivity contribution in [2.24, 2.45) is 46.3 Å². The molecule has 0 aliphatic heterocycles. The second-order valence-corrected chi connectivity index (χ2v) is 14.4. The lowest BCUT2D eigenvalue weighted by Gasteiger charge is -2.62. The highest BCUT2D eigenvalue weighted by molar-refractivity contribution is 5.96. The zero-order chi connectivity index (χ0) is 29.7. The van der Waals surface area contributed by atoms with Gasteiger partial charge in [0.05, 0.1) is 11.8 Å². The third kappa shape index (κ3) is 5.43. The number of nitrogens with zero attached hydrogens (tertiary/aromatic N) is 1. The van der Waals surface area contributed by atoms with Gasteiger partial charge in [-0.15, -0.1) is 0 Å². The van der Waals surface area contributed by atoms with Gasteiger partial charge < -0.3 is 25.4 Å². The molecule has 1 aromatic heterocycles. The molecule has 4 aliphatic carbocycles. The molecule has 4 saturated carbocycles. The summed E-state index contributed by atoms with van der Waals surface area (Å²) in [5.74, 6) is 1.77. The topological polar surface area (TPSA) is 142 Å². The normalized spacial score (nSPS) is 38.7. The van der Waals surface area contributed by atoms with Gasteiger partial charge in [0.25, 0.3) is 5.91 Å². The van der Waals surface area contributed by atoms with Crippen LogP contribution in [0.15, 0.2) is 4.52 Å². The summed E-state index contributed by atoms with van der Waals surface area (Å²) in [4.78, 5) is 36.0. The van der Waals surface area contributed by atoms with Gasteiger partial charge >= 0.3 is 5.97 Å². The Balaban J connectivity index is 1.23. The van der Waals surface area contributed by atoms with E-state index in [0.29, 0.717) is 58.9 Å². The number of hydrogen-bond acceptors (Lipinski definition) is 6. The third-order valence-electron chi connectivity index (χ3n) is 12.3. The first-order valence-electron chi connectivity index (χ1n) is 15.8. The fourth-order valence-corrected chi connectivity index (χ4v) is 10.2. The van der Waals surface area contributed by atoms with Gasteiger partial charge in [-0.1, -0.05) is 25.9 Å². The lowest BCUT2D eigenvalue weighted by molar-refractivity contribution is -0.166. The Morgan fingerprint density at radius 3 is 2.44 bits per heavy atom. The number of aromatic nitrogens is 1. The van der Waals surface area contributed by atoms with Crippen LogP contribution in [-0.4, -0.2) is 51.8 Å². The number of carboxylic acids is 1. The monoisotopic (exact) mass is 571 g/mol. The summed E-state index contributed by atoms with van der Waals surface area (Å²) in [7, 11) is 0. The SMILES string of the molecule is Cc1noc(C)c1C(=O)N[C@H]1CC[C@@]2(C)[C@@H](C1)C[C@@H](O)[C@@H]1[C@@H]2CC[C@]2(C)[C@@H]([C@H](C)CCC(=O)NCC(=O)O)CC[C@@H]12. The summed E-state index contributed by atoms with van der Waals surface area (Å²) in [5, 5.41) is 30.2. The van der Waals surface area contributed by atoms with Gasteiger partial charge in [-0.05, 0) is 118 Å². The van der Waals surface area contributed by atoms with Crippen molar-refractivity contribution in [1.82, 2.24) is 15.8 Å². The highest BCUT2D eigenvalue weighted by Crippen LogP contribution is 2.68. The number of nitrogens with one attached hydrogen (secondary N) is 2. The van der Waals surface area contributed by atoms with E-state index in [2.05, 4.69) is 36.6 Å². The molecule has 4 fully saturated rings. The summed E-state index contributed by atoms with van der Waals surface area (Å²) in [6, 6.07) is 0.0938. The molecule has 4 N–H and O–H groups in total. The van der Waals surface area contributed by atoms with Gasteiger partial charge in [0.2, 0.25) is 5.91 Å². The van der Waals surface area contributed by atoms with Gasteiger partial charge in [-0.25, -0.2) is 0 Å². The van der Waals surface area contributed by atoms with Crippen LogP contribution < -0.4 is 10.6 Å². The van der Waals surface area contributed by atoms with Gasteiger partial charge in [-0.3, -0.25) is 14.4 Å². The Bertz CT molecular complexity index is 1150. The molecule has 0 saturated heterocycles. The highest BCUT2D eigenvalue weighted by Gasteiger charge is 2.63. The maximum absolute atomic E-state index is 13.0. The molecule has 228 valence electrons. The lowest BCUT2D eigenvalue weighted by Crippen LogP contribution is -2.59. The Hall–Kier alpha value is -2.42. The zero-order valence-electron chi connectivity index (χ0n) is 25.4. The van der Waals surface area contributed by atoms with E-state index in [9.17, 15) is 19.5 Å². The fourth-order valence-electron chi connectivity index (χ4n) is 10.2. The Morgan fingerprint density at radius 2 is 1.76 bits per heavy atom. The molecular weight excluding hydrogens is 522 g/mol. The van der Waals surface area contributed by atoms with Crippen LogP contribution >= 0.6 is 0 Å². The van der Waals surface area contributed by atoms with Crippen LogP contribution in [0.5, 0.6) is 0 Å².